The SMILES string of the molecule is O=C(O)CCCN1C(=O)C(=O)c2cc(S(=O)(=O)O)ccc21.[H-].[Na+]. The van der Waals surface area contributed by atoms with Gasteiger partial charge >= 0.3 is 35.5 Å². The maximum absolute atomic E-state index is 11.8. The topological polar surface area (TPSA) is 129 Å². The van der Waals surface area contributed by atoms with Crippen molar-refractivity contribution in [2.75, 3.05) is 11.4 Å². The van der Waals surface area contributed by atoms with Gasteiger partial charge in [0.05, 0.1) is 16.1 Å². The van der Waals surface area contributed by atoms with Gasteiger partial charge in [-0.15, -0.1) is 0 Å². The number of aliphatic carboxylic acids is 1. The van der Waals surface area contributed by atoms with Crippen LogP contribution in [0.1, 0.15) is 24.6 Å². The molecule has 1 aliphatic rings. The van der Waals surface area contributed by atoms with Gasteiger partial charge in [0.15, 0.2) is 0 Å². The average Bonchev–Trinajstić information content (AvgIpc) is 2.62. The number of carboxylic acids is 1. The van der Waals surface area contributed by atoms with Crippen LogP contribution in [-0.2, 0) is 19.7 Å². The molecule has 1 aromatic carbocycles. The third kappa shape index (κ3) is 3.73. The van der Waals surface area contributed by atoms with Crippen LogP contribution in [0.4, 0.5) is 5.69 Å². The molecule has 1 amide bonds. The summed E-state index contributed by atoms with van der Waals surface area (Å²) in [5, 5.41) is 8.56. The van der Waals surface area contributed by atoms with Gasteiger partial charge in [0.1, 0.15) is 0 Å². The number of benzene rings is 1. The number of hydrogen-bond donors (Lipinski definition) is 2. The largest absolute Gasteiger partial charge is 1.00 e. The minimum Gasteiger partial charge on any atom is -1.00 e. The molecule has 0 fully saturated rings. The third-order valence-electron chi connectivity index (χ3n) is 3.01. The van der Waals surface area contributed by atoms with Crippen LogP contribution in [0, 0.1) is 0 Å². The summed E-state index contributed by atoms with van der Waals surface area (Å²) in [7, 11) is -4.47. The minimum absolute atomic E-state index is 0. The Bertz CT molecular complexity index is 750. The van der Waals surface area contributed by atoms with E-state index in [1.165, 1.54) is 6.07 Å². The maximum atomic E-state index is 11.8. The van der Waals surface area contributed by atoms with Crippen LogP contribution >= 0.6 is 0 Å². The predicted molar refractivity (Wildman–Crippen MR) is 70.9 cm³/mol. The molecular weight excluding hydrogens is 325 g/mol. The quantitative estimate of drug-likeness (QED) is 0.344. The second kappa shape index (κ2) is 6.88. The number of carbonyl (C=O) groups excluding carboxylic acids is 2. The van der Waals surface area contributed by atoms with Crippen LogP contribution < -0.4 is 34.5 Å². The molecule has 0 spiro atoms. The second-order valence-corrected chi connectivity index (χ2v) is 5.86. The molecule has 1 aromatic rings. The first-order valence-electron chi connectivity index (χ1n) is 5.91. The fourth-order valence-electron chi connectivity index (χ4n) is 2.05. The summed E-state index contributed by atoms with van der Waals surface area (Å²) in [5.74, 6) is -2.75. The number of anilines is 1. The van der Waals surface area contributed by atoms with Gasteiger partial charge < -0.3 is 11.4 Å². The van der Waals surface area contributed by atoms with Gasteiger partial charge in [0, 0.05) is 13.0 Å². The summed E-state index contributed by atoms with van der Waals surface area (Å²) in [4.78, 5) is 34.7. The molecule has 0 radical (unpaired) electrons. The molecule has 0 saturated heterocycles. The molecule has 114 valence electrons. The summed E-state index contributed by atoms with van der Waals surface area (Å²) in [6.45, 7) is 0.0368. The Kier molecular flexibility index (Phi) is 5.88. The number of nitrogens with zero attached hydrogens (tertiary/aromatic N) is 1. The van der Waals surface area contributed by atoms with Crippen LogP contribution in [0.3, 0.4) is 0 Å². The Balaban J connectivity index is 0.00000242. The van der Waals surface area contributed by atoms with Crippen LogP contribution in [0.5, 0.6) is 0 Å². The Morgan fingerprint density at radius 1 is 1.27 bits per heavy atom. The fourth-order valence-corrected chi connectivity index (χ4v) is 2.56. The predicted octanol–water partition coefficient (Wildman–Crippen LogP) is -2.56. The van der Waals surface area contributed by atoms with Gasteiger partial charge in [-0.05, 0) is 24.6 Å². The number of Topliss-reactive ketones (excluding diaryl/α,β-unsaturated/α-hetero) is 1. The Morgan fingerprint density at radius 3 is 2.45 bits per heavy atom. The van der Waals surface area contributed by atoms with E-state index in [0.717, 1.165) is 17.0 Å². The molecule has 2 rings (SSSR count). The monoisotopic (exact) mass is 337 g/mol. The smallest absolute Gasteiger partial charge is 1.00 e. The van der Waals surface area contributed by atoms with E-state index in [1.54, 1.807) is 0 Å². The molecule has 0 saturated carbocycles. The van der Waals surface area contributed by atoms with E-state index in [1.807, 2.05) is 0 Å². The van der Waals surface area contributed by atoms with Crippen molar-refractivity contribution in [1.82, 2.24) is 0 Å². The first kappa shape index (κ1) is 18.8. The number of carboxylic acid groups (broad SMARTS) is 1. The number of ketones is 1. The molecule has 2 N–H and O–H groups in total. The third-order valence-corrected chi connectivity index (χ3v) is 3.86. The van der Waals surface area contributed by atoms with E-state index in [-0.39, 0.29) is 61.6 Å². The minimum atomic E-state index is -4.47. The zero-order valence-corrected chi connectivity index (χ0v) is 14.5. The van der Waals surface area contributed by atoms with E-state index in [0.29, 0.717) is 0 Å². The maximum Gasteiger partial charge on any atom is 1.00 e. The zero-order chi connectivity index (χ0) is 15.8. The van der Waals surface area contributed by atoms with E-state index in [2.05, 4.69) is 0 Å². The number of amides is 1. The van der Waals surface area contributed by atoms with Crippen molar-refractivity contribution in [2.45, 2.75) is 17.7 Å². The van der Waals surface area contributed by atoms with Gasteiger partial charge in [0.2, 0.25) is 0 Å². The molecule has 1 aliphatic heterocycles. The zero-order valence-electron chi connectivity index (χ0n) is 12.6. The second-order valence-electron chi connectivity index (χ2n) is 4.44. The summed E-state index contributed by atoms with van der Waals surface area (Å²) in [6, 6.07) is 3.24. The molecule has 0 aromatic heterocycles. The molecule has 10 heteroatoms. The average molecular weight is 337 g/mol. The molecule has 1 heterocycles. The van der Waals surface area contributed by atoms with E-state index in [4.69, 9.17) is 9.66 Å². The van der Waals surface area contributed by atoms with Gasteiger partial charge in [-0.1, -0.05) is 0 Å². The van der Waals surface area contributed by atoms with Crippen LogP contribution in [0.2, 0.25) is 0 Å². The normalized spacial score (nSPS) is 13.8. The Hall–Kier alpha value is -1.26. The molecule has 0 atom stereocenters. The first-order valence-corrected chi connectivity index (χ1v) is 7.35. The first-order chi connectivity index (χ1) is 9.71. The van der Waals surface area contributed by atoms with Gasteiger partial charge in [-0.2, -0.15) is 8.42 Å². The Labute approximate surface area is 149 Å². The number of hydrogen-bond acceptors (Lipinski definition) is 5. The molecule has 0 unspecified atom stereocenters. The van der Waals surface area contributed by atoms with E-state index < -0.39 is 32.7 Å². The molecule has 0 aliphatic carbocycles. The van der Waals surface area contributed by atoms with Gasteiger partial charge in [-0.3, -0.25) is 18.9 Å². The number of rotatable bonds is 5. The molecule has 8 nitrogen and oxygen atoms in total. The summed E-state index contributed by atoms with van der Waals surface area (Å²) in [6.07, 6.45) is 0.00422. The van der Waals surface area contributed by atoms with Crippen molar-refractivity contribution < 1.29 is 63.4 Å². The van der Waals surface area contributed by atoms with Crippen molar-refractivity contribution in [3.05, 3.63) is 23.8 Å². The number of carbonyl (C=O) groups is 3. The van der Waals surface area contributed by atoms with Crippen molar-refractivity contribution in [1.29, 1.82) is 0 Å². The number of fused-ring (bicyclic) bond motifs is 1. The van der Waals surface area contributed by atoms with E-state index >= 15 is 0 Å². The van der Waals surface area contributed by atoms with Crippen molar-refractivity contribution >= 4 is 33.5 Å². The Morgan fingerprint density at radius 2 is 1.91 bits per heavy atom. The van der Waals surface area contributed by atoms with Crippen molar-refractivity contribution in [2.24, 2.45) is 0 Å². The summed E-state index contributed by atoms with van der Waals surface area (Å²) < 4.78 is 31.0. The van der Waals surface area contributed by atoms with Gasteiger partial charge in [0.25, 0.3) is 21.8 Å². The van der Waals surface area contributed by atoms with Crippen molar-refractivity contribution in [3.8, 4) is 0 Å². The molecule has 0 bridgehead atoms. The summed E-state index contributed by atoms with van der Waals surface area (Å²) in [5.41, 5.74) is 0.0910. The van der Waals surface area contributed by atoms with Crippen LogP contribution in [0.25, 0.3) is 0 Å². The van der Waals surface area contributed by atoms with E-state index in [9.17, 15) is 22.8 Å². The van der Waals surface area contributed by atoms with Crippen LogP contribution in [-0.4, -0.2) is 42.3 Å². The standard InChI is InChI=1S/C12H11NO7S.Na.H/c14-10(15)2-1-5-13-9-4-3-7(21(18,19)20)6-8(9)11(16)12(13)17;;/h3-4,6H,1-2,5H2,(H,14,15)(H,18,19,20);;/q;+1;-1. The van der Waals surface area contributed by atoms with Crippen molar-refractivity contribution in [3.63, 3.8) is 0 Å². The van der Waals surface area contributed by atoms with Gasteiger partial charge in [-0.25, -0.2) is 0 Å². The molecule has 22 heavy (non-hydrogen) atoms. The van der Waals surface area contributed by atoms with Crippen LogP contribution in [0.15, 0.2) is 23.1 Å². The molecular formula is C12H12NNaO7S. The summed E-state index contributed by atoms with van der Waals surface area (Å²) >= 11 is 0. The fraction of sp³-hybridized carbons (Fsp3) is 0.250.